The highest BCUT2D eigenvalue weighted by Crippen LogP contribution is 2.35. The lowest BCUT2D eigenvalue weighted by Crippen LogP contribution is -2.43. The van der Waals surface area contributed by atoms with Gasteiger partial charge >= 0.3 is 11.9 Å². The van der Waals surface area contributed by atoms with Crippen molar-refractivity contribution in [2.24, 2.45) is 11.8 Å². The lowest BCUT2D eigenvalue weighted by atomic mass is 9.83. The number of hydrogen-bond acceptors (Lipinski definition) is 7. The van der Waals surface area contributed by atoms with Crippen LogP contribution in [0, 0.1) is 11.8 Å². The van der Waals surface area contributed by atoms with Crippen molar-refractivity contribution in [3.05, 3.63) is 35.5 Å². The topological polar surface area (TPSA) is 110 Å². The van der Waals surface area contributed by atoms with Crippen molar-refractivity contribution < 1.29 is 34.1 Å². The zero-order valence-corrected chi connectivity index (χ0v) is 15.6. The molecule has 0 aromatic carbocycles. The molecule has 0 saturated carbocycles. The third-order valence-corrected chi connectivity index (χ3v) is 5.11. The SMILES string of the molecule is C=C1C(=O)O[C@@H]2/C=C(\CO)CC/C=C(/C=O)[C@H](OC(=O)[C@H](C)CC)[C@@H](O)[C@@H]12. The van der Waals surface area contributed by atoms with Crippen LogP contribution in [0.25, 0.3) is 0 Å². The van der Waals surface area contributed by atoms with Crippen molar-refractivity contribution in [1.82, 2.24) is 0 Å². The van der Waals surface area contributed by atoms with Crippen molar-refractivity contribution in [3.8, 4) is 0 Å². The zero-order chi connectivity index (χ0) is 20.1. The maximum absolute atomic E-state index is 12.3. The highest BCUT2D eigenvalue weighted by atomic mass is 16.6. The van der Waals surface area contributed by atoms with E-state index in [2.05, 4.69) is 6.58 Å². The summed E-state index contributed by atoms with van der Waals surface area (Å²) in [6, 6.07) is 0. The van der Waals surface area contributed by atoms with Crippen molar-refractivity contribution >= 4 is 18.2 Å². The highest BCUT2D eigenvalue weighted by Gasteiger charge is 2.47. The van der Waals surface area contributed by atoms with Crippen LogP contribution in [0.15, 0.2) is 35.5 Å². The van der Waals surface area contributed by atoms with Crippen molar-refractivity contribution in [3.63, 3.8) is 0 Å². The van der Waals surface area contributed by atoms with E-state index in [4.69, 9.17) is 9.47 Å². The molecule has 0 aromatic rings. The van der Waals surface area contributed by atoms with Crippen LogP contribution in [0.4, 0.5) is 0 Å². The van der Waals surface area contributed by atoms with Gasteiger partial charge in [-0.2, -0.15) is 0 Å². The minimum Gasteiger partial charge on any atom is -0.454 e. The van der Waals surface area contributed by atoms with Crippen LogP contribution in [0.1, 0.15) is 33.1 Å². The molecule has 27 heavy (non-hydrogen) atoms. The molecule has 2 N–H and O–H groups in total. The maximum Gasteiger partial charge on any atom is 0.334 e. The number of aliphatic hydroxyl groups excluding tert-OH is 2. The second-order valence-electron chi connectivity index (χ2n) is 6.92. The Labute approximate surface area is 158 Å². The van der Waals surface area contributed by atoms with Gasteiger partial charge in [0.05, 0.1) is 18.4 Å². The summed E-state index contributed by atoms with van der Waals surface area (Å²) < 4.78 is 10.7. The number of aliphatic hydroxyl groups is 2. The van der Waals surface area contributed by atoms with Crippen molar-refractivity contribution in [1.29, 1.82) is 0 Å². The van der Waals surface area contributed by atoms with Crippen LogP contribution in [-0.4, -0.2) is 53.4 Å². The van der Waals surface area contributed by atoms with Crippen LogP contribution in [0.3, 0.4) is 0 Å². The first-order chi connectivity index (χ1) is 12.8. The van der Waals surface area contributed by atoms with Gasteiger partial charge < -0.3 is 19.7 Å². The molecule has 1 aliphatic heterocycles. The molecule has 148 valence electrons. The number of ether oxygens (including phenoxy) is 2. The third-order valence-electron chi connectivity index (χ3n) is 5.11. The summed E-state index contributed by atoms with van der Waals surface area (Å²) in [7, 11) is 0. The van der Waals surface area contributed by atoms with E-state index in [1.807, 2.05) is 6.92 Å². The molecule has 0 bridgehead atoms. The number of allylic oxidation sites excluding steroid dienone is 1. The van der Waals surface area contributed by atoms with Crippen LogP contribution >= 0.6 is 0 Å². The fourth-order valence-corrected chi connectivity index (χ4v) is 3.18. The molecular formula is C20H26O7. The average Bonchev–Trinajstić information content (AvgIpc) is 2.94. The monoisotopic (exact) mass is 378 g/mol. The Kier molecular flexibility index (Phi) is 7.10. The third kappa shape index (κ3) is 4.54. The second-order valence-corrected chi connectivity index (χ2v) is 6.92. The molecule has 5 atom stereocenters. The molecule has 1 heterocycles. The van der Waals surface area contributed by atoms with Gasteiger partial charge in [0.25, 0.3) is 0 Å². The number of hydrogen-bond donors (Lipinski definition) is 2. The summed E-state index contributed by atoms with van der Waals surface area (Å²) in [5, 5.41) is 20.5. The van der Waals surface area contributed by atoms with Crippen LogP contribution < -0.4 is 0 Å². The Morgan fingerprint density at radius 1 is 1.52 bits per heavy atom. The molecular weight excluding hydrogens is 352 g/mol. The lowest BCUT2D eigenvalue weighted by molar-refractivity contribution is -0.159. The average molecular weight is 378 g/mol. The Morgan fingerprint density at radius 3 is 2.81 bits per heavy atom. The molecule has 0 spiro atoms. The van der Waals surface area contributed by atoms with E-state index in [9.17, 15) is 24.6 Å². The van der Waals surface area contributed by atoms with E-state index in [-0.39, 0.29) is 17.8 Å². The minimum absolute atomic E-state index is 0.0384. The lowest BCUT2D eigenvalue weighted by Gasteiger charge is -2.30. The van der Waals surface area contributed by atoms with Crippen LogP contribution in [0.5, 0.6) is 0 Å². The molecule has 0 amide bonds. The molecule has 0 radical (unpaired) electrons. The van der Waals surface area contributed by atoms with Gasteiger partial charge in [-0.25, -0.2) is 4.79 Å². The molecule has 2 aliphatic rings. The summed E-state index contributed by atoms with van der Waals surface area (Å²) in [6.45, 7) is 6.97. The van der Waals surface area contributed by atoms with Crippen LogP contribution in [0.2, 0.25) is 0 Å². The predicted octanol–water partition coefficient (Wildman–Crippen LogP) is 1.24. The van der Waals surface area contributed by atoms with Gasteiger partial charge in [0.2, 0.25) is 0 Å². The predicted molar refractivity (Wildman–Crippen MR) is 96.4 cm³/mol. The molecule has 7 heteroatoms. The van der Waals surface area contributed by atoms with Crippen molar-refractivity contribution in [2.45, 2.75) is 51.4 Å². The summed E-state index contributed by atoms with van der Waals surface area (Å²) >= 11 is 0. The fraction of sp³-hybridized carbons (Fsp3) is 0.550. The van der Waals surface area contributed by atoms with E-state index in [0.717, 1.165) is 0 Å². The normalized spacial score (nSPS) is 33.6. The van der Waals surface area contributed by atoms with E-state index in [1.54, 1.807) is 19.1 Å². The van der Waals surface area contributed by atoms with E-state index < -0.39 is 42.1 Å². The van der Waals surface area contributed by atoms with Gasteiger partial charge in [-0.15, -0.1) is 0 Å². The molecule has 2 rings (SSSR count). The maximum atomic E-state index is 12.3. The number of fused-ring (bicyclic) bond motifs is 1. The zero-order valence-electron chi connectivity index (χ0n) is 15.6. The number of carbonyl (C=O) groups is 3. The number of carbonyl (C=O) groups excluding carboxylic acids is 3. The Hall–Kier alpha value is -2.25. The van der Waals surface area contributed by atoms with Gasteiger partial charge in [-0.05, 0) is 30.9 Å². The largest absolute Gasteiger partial charge is 0.454 e. The summed E-state index contributed by atoms with van der Waals surface area (Å²) in [5.74, 6) is -2.50. The number of esters is 2. The van der Waals surface area contributed by atoms with Gasteiger partial charge in [0, 0.05) is 11.1 Å². The first kappa shape index (κ1) is 21.1. The molecule has 0 aromatic heterocycles. The smallest absolute Gasteiger partial charge is 0.334 e. The van der Waals surface area contributed by atoms with Gasteiger partial charge in [-0.1, -0.05) is 26.5 Å². The van der Waals surface area contributed by atoms with Gasteiger partial charge in [0.15, 0.2) is 6.10 Å². The quantitative estimate of drug-likeness (QED) is 0.320. The van der Waals surface area contributed by atoms with E-state index in [1.165, 1.54) is 0 Å². The van der Waals surface area contributed by atoms with Gasteiger partial charge in [0.1, 0.15) is 18.5 Å². The molecule has 7 nitrogen and oxygen atoms in total. The van der Waals surface area contributed by atoms with E-state index >= 15 is 0 Å². The molecule has 0 unspecified atom stereocenters. The second kappa shape index (κ2) is 9.10. The summed E-state index contributed by atoms with van der Waals surface area (Å²) in [6.07, 6.45) is 1.62. The highest BCUT2D eigenvalue weighted by molar-refractivity contribution is 5.91. The Balaban J connectivity index is 2.45. The number of rotatable bonds is 5. The first-order valence-corrected chi connectivity index (χ1v) is 9.08. The standard InChI is InChI=1S/C20H26O7/c1-4-11(2)19(24)27-18-14(10-22)7-5-6-13(9-21)8-15-16(17(18)23)12(3)20(25)26-15/h7-8,10-11,15-18,21,23H,3-6,9H2,1-2H3/b13-8-,14-7-/t11-,15-,16+,17+,18+/m1/s1. The molecule has 1 aliphatic carbocycles. The van der Waals surface area contributed by atoms with Crippen LogP contribution in [-0.2, 0) is 23.9 Å². The Morgan fingerprint density at radius 2 is 2.22 bits per heavy atom. The molecule has 1 fully saturated rings. The summed E-state index contributed by atoms with van der Waals surface area (Å²) in [5.41, 5.74) is 0.775. The Bertz CT molecular complexity index is 676. The first-order valence-electron chi connectivity index (χ1n) is 9.08. The molecule has 1 saturated heterocycles. The number of aldehydes is 1. The van der Waals surface area contributed by atoms with E-state index in [0.29, 0.717) is 31.1 Å². The summed E-state index contributed by atoms with van der Waals surface area (Å²) in [4.78, 5) is 35.9. The minimum atomic E-state index is -1.40. The van der Waals surface area contributed by atoms with Gasteiger partial charge in [-0.3, -0.25) is 9.59 Å². The van der Waals surface area contributed by atoms with Crippen molar-refractivity contribution in [2.75, 3.05) is 6.61 Å². The fourth-order valence-electron chi connectivity index (χ4n) is 3.18.